The molecule has 3 amide bonds. The van der Waals surface area contributed by atoms with E-state index in [0.29, 0.717) is 22.6 Å². The summed E-state index contributed by atoms with van der Waals surface area (Å²) in [4.78, 5) is 55.8. The van der Waals surface area contributed by atoms with E-state index >= 15 is 0 Å². The number of ether oxygens (including phenoxy) is 1. The normalized spacial score (nSPS) is 20.6. The number of nitrogens with one attached hydrogen (secondary N) is 2. The molecule has 0 spiro atoms. The molecule has 3 aromatic carbocycles. The third-order valence-corrected chi connectivity index (χ3v) is 13.4. The average molecular weight is 807 g/mol. The number of aliphatic hydroxyl groups is 1. The summed E-state index contributed by atoms with van der Waals surface area (Å²) in [5.41, 5.74) is 7.23. The standard InChI is InChI=1S/C44H46N4O9S/c1-24-16-39(50)57-38-21-29(11-14-32(24)38)45-43(52)37-22-30(49)23-48(37)44(53)28-17-27-18-31(56-4)12-15-33(27)41-36(20-28)35-19-26(42(51)46-58(54,55)47(2)3)10-13-34(35)40(41)25-8-6-5-7-9-25/h10-19,21,25,30,36-37,49H,5-9,20,22-23H2,1-4H3,(H,45,52)(H,46,51)/t30-,36?,37+/m1/s1. The van der Waals surface area contributed by atoms with Crippen molar-refractivity contribution in [3.8, 4) is 5.75 Å². The zero-order valence-electron chi connectivity index (χ0n) is 32.8. The minimum Gasteiger partial charge on any atom is -0.497 e. The number of benzene rings is 3. The smallest absolute Gasteiger partial charge is 0.336 e. The van der Waals surface area contributed by atoms with Gasteiger partial charge < -0.3 is 24.5 Å². The lowest BCUT2D eigenvalue weighted by atomic mass is 9.78. The van der Waals surface area contributed by atoms with Gasteiger partial charge in [-0.15, -0.1) is 0 Å². The van der Waals surface area contributed by atoms with E-state index in [1.165, 1.54) is 30.6 Å². The molecule has 8 rings (SSSR count). The number of aryl methyl sites for hydroxylation is 1. The van der Waals surface area contributed by atoms with E-state index in [4.69, 9.17) is 9.15 Å². The van der Waals surface area contributed by atoms with Crippen LogP contribution in [-0.2, 0) is 19.8 Å². The Morgan fingerprint density at radius 2 is 1.71 bits per heavy atom. The maximum Gasteiger partial charge on any atom is 0.336 e. The fourth-order valence-corrected chi connectivity index (χ4v) is 9.65. The maximum atomic E-state index is 14.9. The first-order valence-corrected chi connectivity index (χ1v) is 21.0. The molecule has 3 aliphatic carbocycles. The lowest BCUT2D eigenvalue weighted by Gasteiger charge is -2.26. The van der Waals surface area contributed by atoms with Crippen molar-refractivity contribution in [2.45, 2.75) is 69.9 Å². The van der Waals surface area contributed by atoms with E-state index in [-0.39, 0.29) is 36.8 Å². The van der Waals surface area contributed by atoms with Crippen LogP contribution in [0.15, 0.2) is 75.4 Å². The Morgan fingerprint density at radius 3 is 2.45 bits per heavy atom. The quantitative estimate of drug-likeness (QED) is 0.191. The molecule has 1 unspecified atom stereocenters. The van der Waals surface area contributed by atoms with Gasteiger partial charge in [0.15, 0.2) is 0 Å². The van der Waals surface area contributed by atoms with Gasteiger partial charge in [-0.1, -0.05) is 31.4 Å². The highest BCUT2D eigenvalue weighted by atomic mass is 32.2. The van der Waals surface area contributed by atoms with Gasteiger partial charge in [0.1, 0.15) is 17.4 Å². The fraction of sp³-hybridized carbons (Fsp3) is 0.364. The van der Waals surface area contributed by atoms with Gasteiger partial charge >= 0.3 is 15.8 Å². The van der Waals surface area contributed by atoms with Crippen molar-refractivity contribution in [3.63, 3.8) is 0 Å². The molecule has 3 atom stereocenters. The summed E-state index contributed by atoms with van der Waals surface area (Å²) < 4.78 is 39.4. The molecular formula is C44H46N4O9S. The van der Waals surface area contributed by atoms with Gasteiger partial charge in [0.25, 0.3) is 11.8 Å². The number of carbonyl (C=O) groups excluding carboxylic acids is 3. The Kier molecular flexibility index (Phi) is 10.4. The molecule has 3 N–H and O–H groups in total. The topological polar surface area (TPSA) is 176 Å². The van der Waals surface area contributed by atoms with Crippen LogP contribution in [0.1, 0.15) is 89.0 Å². The average Bonchev–Trinajstić information content (AvgIpc) is 3.69. The van der Waals surface area contributed by atoms with Gasteiger partial charge in [-0.05, 0) is 114 Å². The molecule has 14 heteroatoms. The largest absolute Gasteiger partial charge is 0.497 e. The Morgan fingerprint density at radius 1 is 0.948 bits per heavy atom. The fourth-order valence-electron chi connectivity index (χ4n) is 9.12. The molecule has 0 bridgehead atoms. The zero-order valence-corrected chi connectivity index (χ0v) is 33.6. The highest BCUT2D eigenvalue weighted by Gasteiger charge is 2.43. The van der Waals surface area contributed by atoms with Crippen molar-refractivity contribution in [1.82, 2.24) is 13.9 Å². The van der Waals surface area contributed by atoms with Crippen molar-refractivity contribution in [1.29, 1.82) is 0 Å². The summed E-state index contributed by atoms with van der Waals surface area (Å²) in [5, 5.41) is 14.5. The number of aliphatic hydroxyl groups excluding tert-OH is 1. The van der Waals surface area contributed by atoms with Gasteiger partial charge in [0.05, 0.1) is 13.2 Å². The third kappa shape index (κ3) is 7.24. The van der Waals surface area contributed by atoms with Gasteiger partial charge in [0, 0.05) is 67.3 Å². The van der Waals surface area contributed by atoms with Crippen LogP contribution in [0, 0.1) is 12.8 Å². The Hall–Kier alpha value is -5.57. The summed E-state index contributed by atoms with van der Waals surface area (Å²) in [6, 6.07) is 16.5. The molecule has 2 heterocycles. The summed E-state index contributed by atoms with van der Waals surface area (Å²) in [6.45, 7) is 1.74. The van der Waals surface area contributed by atoms with Crippen LogP contribution < -0.4 is 20.4 Å². The van der Waals surface area contributed by atoms with Gasteiger partial charge in [-0.2, -0.15) is 12.7 Å². The minimum absolute atomic E-state index is 0.0224. The number of hydrogen-bond acceptors (Lipinski definition) is 9. The molecule has 2 fully saturated rings. The molecular weight excluding hydrogens is 761 g/mol. The summed E-state index contributed by atoms with van der Waals surface area (Å²) in [7, 11) is 0.198. The Labute approximate surface area is 336 Å². The van der Waals surface area contributed by atoms with E-state index in [2.05, 4.69) is 10.0 Å². The number of amides is 3. The molecule has 1 saturated carbocycles. The molecule has 58 heavy (non-hydrogen) atoms. The lowest BCUT2D eigenvalue weighted by Crippen LogP contribution is -2.44. The van der Waals surface area contributed by atoms with Crippen LogP contribution in [0.5, 0.6) is 5.75 Å². The SMILES string of the molecule is COc1ccc2c(c1)C=C(C(=O)N1C[C@H](O)C[C@H]1C(=O)Nc1ccc3c(C)cc(=O)oc3c1)CC1C2=C(C2CCCCC2)c2ccc(C(=O)NS(=O)(=O)N(C)C)cc21. The third-order valence-electron chi connectivity index (χ3n) is 12.0. The van der Waals surface area contributed by atoms with Crippen molar-refractivity contribution in [2.24, 2.45) is 5.92 Å². The number of allylic oxidation sites excluding steroid dienone is 2. The summed E-state index contributed by atoms with van der Waals surface area (Å²) >= 11 is 0. The number of fused-ring (bicyclic) bond motifs is 6. The molecule has 302 valence electrons. The number of anilines is 1. The number of likely N-dealkylation sites (tertiary alicyclic amines) is 1. The molecule has 4 aliphatic rings. The van der Waals surface area contributed by atoms with Crippen molar-refractivity contribution in [2.75, 3.05) is 33.1 Å². The number of β-amino-alcohol motifs (C(OH)–C–C–N with tert-alkyl or cyclic N) is 1. The molecule has 1 aliphatic heterocycles. The van der Waals surface area contributed by atoms with Crippen LogP contribution in [-0.4, -0.2) is 80.3 Å². The predicted molar refractivity (Wildman–Crippen MR) is 220 cm³/mol. The first kappa shape index (κ1) is 39.3. The van der Waals surface area contributed by atoms with Crippen molar-refractivity contribution < 1.29 is 37.1 Å². The van der Waals surface area contributed by atoms with Crippen LogP contribution in [0.2, 0.25) is 0 Å². The number of methoxy groups -OCH3 is 1. The Balaban J connectivity index is 1.18. The first-order valence-electron chi connectivity index (χ1n) is 19.6. The van der Waals surface area contributed by atoms with Gasteiger partial charge in [-0.25, -0.2) is 9.52 Å². The van der Waals surface area contributed by atoms with E-state index in [1.807, 2.05) is 30.3 Å². The monoisotopic (exact) mass is 806 g/mol. The van der Waals surface area contributed by atoms with Crippen LogP contribution in [0.25, 0.3) is 28.2 Å². The van der Waals surface area contributed by atoms with Crippen LogP contribution >= 0.6 is 0 Å². The zero-order chi connectivity index (χ0) is 41.0. The first-order chi connectivity index (χ1) is 27.7. The second-order valence-electron chi connectivity index (χ2n) is 15.9. The molecule has 0 radical (unpaired) electrons. The number of nitrogens with zero attached hydrogens (tertiary/aromatic N) is 2. The molecule has 13 nitrogen and oxygen atoms in total. The summed E-state index contributed by atoms with van der Waals surface area (Å²) in [5.74, 6) is -1.21. The maximum absolute atomic E-state index is 14.9. The van der Waals surface area contributed by atoms with Crippen LogP contribution in [0.3, 0.4) is 0 Å². The number of hydrogen-bond donors (Lipinski definition) is 3. The minimum atomic E-state index is -4.06. The van der Waals surface area contributed by atoms with Gasteiger partial charge in [-0.3, -0.25) is 14.4 Å². The molecule has 1 saturated heterocycles. The predicted octanol–water partition coefficient (Wildman–Crippen LogP) is 5.62. The Bertz CT molecular complexity index is 2600. The van der Waals surface area contributed by atoms with E-state index in [0.717, 1.165) is 75.2 Å². The second-order valence-corrected chi connectivity index (χ2v) is 17.8. The molecule has 1 aromatic heterocycles. The van der Waals surface area contributed by atoms with Crippen molar-refractivity contribution >= 4 is 61.8 Å². The highest BCUT2D eigenvalue weighted by molar-refractivity contribution is 7.87. The summed E-state index contributed by atoms with van der Waals surface area (Å²) in [6.07, 6.45) is 6.43. The van der Waals surface area contributed by atoms with Gasteiger partial charge in [0.2, 0.25) is 5.91 Å². The molecule has 4 aromatic rings. The highest BCUT2D eigenvalue weighted by Crippen LogP contribution is 2.56. The second kappa shape index (κ2) is 15.3. The lowest BCUT2D eigenvalue weighted by molar-refractivity contribution is -0.133. The van der Waals surface area contributed by atoms with Crippen LogP contribution in [0.4, 0.5) is 5.69 Å². The number of rotatable bonds is 8. The van der Waals surface area contributed by atoms with E-state index < -0.39 is 45.7 Å². The number of carbonyl (C=O) groups is 3. The van der Waals surface area contributed by atoms with Crippen molar-refractivity contribution in [3.05, 3.63) is 110 Å². The van der Waals surface area contributed by atoms with E-state index in [1.54, 1.807) is 44.4 Å². The van der Waals surface area contributed by atoms with E-state index in [9.17, 15) is 32.7 Å².